The number of carbonyl (C=O) groups excluding carboxylic acids is 1. The van der Waals surface area contributed by atoms with Crippen molar-refractivity contribution in [2.24, 2.45) is 0 Å². The number of hydrogen-bond donors (Lipinski definition) is 2. The van der Waals surface area contributed by atoms with Gasteiger partial charge in [0.15, 0.2) is 0 Å². The molecule has 7 heteroatoms. The van der Waals surface area contributed by atoms with Crippen molar-refractivity contribution >= 4 is 17.7 Å². The van der Waals surface area contributed by atoms with Crippen molar-refractivity contribution in [3.8, 4) is 0 Å². The van der Waals surface area contributed by atoms with Crippen LogP contribution in [0.15, 0.2) is 24.3 Å². The highest BCUT2D eigenvalue weighted by Gasteiger charge is 2.30. The minimum Gasteiger partial charge on any atom is -0.387 e. The van der Waals surface area contributed by atoms with E-state index in [1.807, 2.05) is 6.26 Å². The first-order valence-corrected chi connectivity index (χ1v) is 8.60. The third-order valence-corrected chi connectivity index (χ3v) is 4.31. The van der Waals surface area contributed by atoms with Gasteiger partial charge in [0.2, 0.25) is 5.91 Å². The third-order valence-electron chi connectivity index (χ3n) is 3.40. The highest BCUT2D eigenvalue weighted by molar-refractivity contribution is 7.98. The van der Waals surface area contributed by atoms with E-state index in [0.29, 0.717) is 11.3 Å². The Bertz CT molecular complexity index is 532. The van der Waals surface area contributed by atoms with Crippen LogP contribution in [0, 0.1) is 0 Å². The van der Waals surface area contributed by atoms with E-state index in [1.54, 1.807) is 19.9 Å². The van der Waals surface area contributed by atoms with Gasteiger partial charge < -0.3 is 10.4 Å². The molecule has 0 aromatic heterocycles. The fourth-order valence-corrected chi connectivity index (χ4v) is 2.86. The Balaban J connectivity index is 2.62. The average molecular weight is 349 g/mol. The molecule has 1 aromatic rings. The lowest BCUT2D eigenvalue weighted by Crippen LogP contribution is -2.42. The zero-order chi connectivity index (χ0) is 17.7. The summed E-state index contributed by atoms with van der Waals surface area (Å²) in [5.41, 5.74) is -1.26. The van der Waals surface area contributed by atoms with Crippen molar-refractivity contribution in [3.05, 3.63) is 35.4 Å². The van der Waals surface area contributed by atoms with Gasteiger partial charge in [0.25, 0.3) is 0 Å². The summed E-state index contributed by atoms with van der Waals surface area (Å²) in [6.45, 7) is 3.44. The fraction of sp³-hybridized carbons (Fsp3) is 0.562. The Morgan fingerprint density at radius 2 is 2.04 bits per heavy atom. The molecule has 0 spiro atoms. The van der Waals surface area contributed by atoms with Gasteiger partial charge in [0.05, 0.1) is 11.2 Å². The smallest absolute Gasteiger partial charge is 0.387 e. The molecule has 0 radical (unpaired) electrons. The molecule has 2 atom stereocenters. The van der Waals surface area contributed by atoms with Crippen molar-refractivity contribution in [3.63, 3.8) is 0 Å². The molecular formula is C16H22F3NO2S. The number of thioether (sulfide) groups is 1. The molecule has 3 nitrogen and oxygen atoms in total. The van der Waals surface area contributed by atoms with Crippen LogP contribution in [0.5, 0.6) is 0 Å². The van der Waals surface area contributed by atoms with Gasteiger partial charge >= 0.3 is 6.18 Å². The predicted molar refractivity (Wildman–Crippen MR) is 86.5 cm³/mol. The minimum atomic E-state index is -4.39. The van der Waals surface area contributed by atoms with Crippen molar-refractivity contribution in [2.45, 2.75) is 38.0 Å². The topological polar surface area (TPSA) is 49.3 Å². The van der Waals surface area contributed by atoms with E-state index in [-0.39, 0.29) is 24.8 Å². The van der Waals surface area contributed by atoms with Gasteiger partial charge in [-0.05, 0) is 30.7 Å². The van der Waals surface area contributed by atoms with Crippen LogP contribution in [-0.4, -0.2) is 35.2 Å². The first-order valence-electron chi connectivity index (χ1n) is 7.20. The van der Waals surface area contributed by atoms with E-state index in [9.17, 15) is 23.1 Å². The zero-order valence-electron chi connectivity index (χ0n) is 13.4. The molecule has 1 aromatic carbocycles. The van der Waals surface area contributed by atoms with Gasteiger partial charge in [0, 0.05) is 18.7 Å². The molecule has 0 bridgehead atoms. The lowest BCUT2D eigenvalue weighted by atomic mass is 9.95. The maximum absolute atomic E-state index is 12.7. The Hall–Kier alpha value is -1.21. The summed E-state index contributed by atoms with van der Waals surface area (Å²) >= 11 is 1.47. The van der Waals surface area contributed by atoms with E-state index in [0.717, 1.165) is 12.1 Å². The molecule has 0 aliphatic heterocycles. The molecule has 0 aliphatic carbocycles. The lowest BCUT2D eigenvalue weighted by Gasteiger charge is -2.23. The summed E-state index contributed by atoms with van der Waals surface area (Å²) in [5.74, 6) is -0.157. The number of alkyl halides is 3. The number of amides is 1. The lowest BCUT2D eigenvalue weighted by molar-refractivity contribution is -0.137. The third kappa shape index (κ3) is 6.83. The molecule has 23 heavy (non-hydrogen) atoms. The van der Waals surface area contributed by atoms with Gasteiger partial charge in [-0.25, -0.2) is 0 Å². The summed E-state index contributed by atoms with van der Waals surface area (Å²) in [5, 5.41) is 12.6. The van der Waals surface area contributed by atoms with Crippen LogP contribution in [0.3, 0.4) is 0 Å². The van der Waals surface area contributed by atoms with Crippen molar-refractivity contribution < 1.29 is 23.1 Å². The molecule has 0 saturated heterocycles. The van der Waals surface area contributed by atoms with Crippen LogP contribution in [0.25, 0.3) is 0 Å². The Morgan fingerprint density at radius 3 is 2.61 bits per heavy atom. The number of aliphatic hydroxyl groups is 1. The molecule has 0 aliphatic rings. The first kappa shape index (κ1) is 19.8. The van der Waals surface area contributed by atoms with E-state index in [4.69, 9.17) is 0 Å². The highest BCUT2D eigenvalue weighted by atomic mass is 32.2. The van der Waals surface area contributed by atoms with Crippen LogP contribution in [0.4, 0.5) is 13.2 Å². The predicted octanol–water partition coefficient (Wildman–Crippen LogP) is 3.43. The summed E-state index contributed by atoms with van der Waals surface area (Å²) in [6.07, 6.45) is -2.48. The number of halogens is 3. The van der Waals surface area contributed by atoms with Crippen LogP contribution < -0.4 is 5.32 Å². The SMILES string of the molecule is CSCC(C)(O)CNC(=O)CC(C)c1cccc(C(F)(F)F)c1. The summed E-state index contributed by atoms with van der Waals surface area (Å²) in [6, 6.07) is 5.00. The number of carbonyl (C=O) groups is 1. The van der Waals surface area contributed by atoms with Crippen LogP contribution in [-0.2, 0) is 11.0 Å². The maximum atomic E-state index is 12.7. The summed E-state index contributed by atoms with van der Waals surface area (Å²) < 4.78 is 38.1. The fourth-order valence-electron chi connectivity index (χ4n) is 2.14. The Labute approximate surface area is 138 Å². The molecule has 2 unspecified atom stereocenters. The molecular weight excluding hydrogens is 327 g/mol. The Kier molecular flexibility index (Phi) is 6.95. The van der Waals surface area contributed by atoms with Gasteiger partial charge in [0.1, 0.15) is 0 Å². The molecule has 2 N–H and O–H groups in total. The molecule has 130 valence electrons. The second kappa shape index (κ2) is 8.06. The van der Waals surface area contributed by atoms with Crippen LogP contribution >= 0.6 is 11.8 Å². The maximum Gasteiger partial charge on any atom is 0.416 e. The Morgan fingerprint density at radius 1 is 1.39 bits per heavy atom. The monoisotopic (exact) mass is 349 g/mol. The molecule has 1 rings (SSSR count). The van der Waals surface area contributed by atoms with E-state index in [2.05, 4.69) is 5.32 Å². The van der Waals surface area contributed by atoms with Crippen LogP contribution in [0.2, 0.25) is 0 Å². The number of rotatable bonds is 7. The molecule has 0 heterocycles. The second-order valence-corrected chi connectivity index (χ2v) is 6.80. The molecule has 1 amide bonds. The number of nitrogens with one attached hydrogen (secondary N) is 1. The van der Waals surface area contributed by atoms with E-state index >= 15 is 0 Å². The first-order chi connectivity index (χ1) is 10.5. The van der Waals surface area contributed by atoms with Gasteiger partial charge in [-0.1, -0.05) is 25.1 Å². The van der Waals surface area contributed by atoms with E-state index < -0.39 is 17.3 Å². The number of hydrogen-bond acceptors (Lipinski definition) is 3. The van der Waals surface area contributed by atoms with Crippen molar-refractivity contribution in [2.75, 3.05) is 18.6 Å². The van der Waals surface area contributed by atoms with Gasteiger partial charge in [-0.2, -0.15) is 24.9 Å². The molecule has 0 fully saturated rings. The highest BCUT2D eigenvalue weighted by Crippen LogP contribution is 2.31. The normalized spacial score (nSPS) is 15.8. The zero-order valence-corrected chi connectivity index (χ0v) is 14.2. The largest absolute Gasteiger partial charge is 0.416 e. The van der Waals surface area contributed by atoms with Gasteiger partial charge in [-0.3, -0.25) is 4.79 Å². The summed E-state index contributed by atoms with van der Waals surface area (Å²) in [7, 11) is 0. The van der Waals surface area contributed by atoms with E-state index in [1.165, 1.54) is 17.8 Å². The molecule has 0 saturated carbocycles. The quantitative estimate of drug-likeness (QED) is 0.793. The van der Waals surface area contributed by atoms with Crippen molar-refractivity contribution in [1.82, 2.24) is 5.32 Å². The second-order valence-electron chi connectivity index (χ2n) is 5.94. The number of benzene rings is 1. The minimum absolute atomic E-state index is 0.0661. The standard InChI is InChI=1S/C16H22F3NO2S/c1-11(7-14(21)20-9-15(2,22)10-23-3)12-5-4-6-13(8-12)16(17,18)19/h4-6,8,11,22H,7,9-10H2,1-3H3,(H,20,21). The average Bonchev–Trinajstić information content (AvgIpc) is 2.44. The van der Waals surface area contributed by atoms with Crippen LogP contribution in [0.1, 0.15) is 37.3 Å². The van der Waals surface area contributed by atoms with Gasteiger partial charge in [-0.15, -0.1) is 0 Å². The van der Waals surface area contributed by atoms with Crippen molar-refractivity contribution in [1.29, 1.82) is 0 Å². The summed E-state index contributed by atoms with van der Waals surface area (Å²) in [4.78, 5) is 11.9.